The van der Waals surface area contributed by atoms with Gasteiger partial charge in [0.1, 0.15) is 18.1 Å². The highest BCUT2D eigenvalue weighted by molar-refractivity contribution is 5.31. The molecule has 1 N–H and O–H groups in total. The first kappa shape index (κ1) is 14.3. The minimum atomic E-state index is 0.535. The van der Waals surface area contributed by atoms with Gasteiger partial charge in [-0.15, -0.1) is 0 Å². The second-order valence-electron chi connectivity index (χ2n) is 4.40. The monoisotopic (exact) mass is 272 g/mol. The maximum atomic E-state index is 5.87. The van der Waals surface area contributed by atoms with Gasteiger partial charge >= 0.3 is 0 Å². The van der Waals surface area contributed by atoms with Gasteiger partial charge in [0.25, 0.3) is 0 Å². The van der Waals surface area contributed by atoms with E-state index in [1.165, 1.54) is 0 Å². The van der Waals surface area contributed by atoms with E-state index >= 15 is 0 Å². The van der Waals surface area contributed by atoms with Crippen molar-refractivity contribution in [1.82, 2.24) is 10.3 Å². The van der Waals surface area contributed by atoms with Crippen LogP contribution < -0.4 is 14.8 Å². The Bertz CT molecular complexity index is 526. The highest BCUT2D eigenvalue weighted by Gasteiger charge is 2.03. The third kappa shape index (κ3) is 3.96. The molecule has 0 bridgehead atoms. The van der Waals surface area contributed by atoms with Gasteiger partial charge in [0.05, 0.1) is 7.11 Å². The largest absolute Gasteiger partial charge is 0.497 e. The van der Waals surface area contributed by atoms with Crippen LogP contribution in [0.15, 0.2) is 42.7 Å². The zero-order valence-corrected chi connectivity index (χ0v) is 11.9. The van der Waals surface area contributed by atoms with Crippen LogP contribution in [0.2, 0.25) is 0 Å². The summed E-state index contributed by atoms with van der Waals surface area (Å²) in [5.74, 6) is 1.72. The molecule has 4 heteroatoms. The lowest BCUT2D eigenvalue weighted by molar-refractivity contribution is 0.301. The van der Waals surface area contributed by atoms with Crippen LogP contribution in [0, 0.1) is 0 Å². The minimum Gasteiger partial charge on any atom is -0.497 e. The van der Waals surface area contributed by atoms with Crippen molar-refractivity contribution >= 4 is 0 Å². The Morgan fingerprint density at radius 1 is 1.15 bits per heavy atom. The first-order valence-corrected chi connectivity index (χ1v) is 6.72. The molecule has 0 aliphatic rings. The number of aromatic nitrogens is 1. The first-order valence-electron chi connectivity index (χ1n) is 6.72. The molecule has 0 atom stereocenters. The number of hydrogen-bond donors (Lipinski definition) is 1. The Morgan fingerprint density at radius 3 is 2.65 bits per heavy atom. The van der Waals surface area contributed by atoms with Crippen LogP contribution in [-0.2, 0) is 13.2 Å². The van der Waals surface area contributed by atoms with Crippen molar-refractivity contribution in [3.05, 3.63) is 53.9 Å². The Kier molecular flexibility index (Phi) is 5.38. The lowest BCUT2D eigenvalue weighted by Crippen LogP contribution is -2.13. The van der Waals surface area contributed by atoms with Crippen LogP contribution in [-0.4, -0.2) is 18.6 Å². The predicted octanol–water partition coefficient (Wildman–Crippen LogP) is 2.78. The van der Waals surface area contributed by atoms with Gasteiger partial charge in [-0.25, -0.2) is 0 Å². The number of ether oxygens (including phenoxy) is 2. The second-order valence-corrected chi connectivity index (χ2v) is 4.40. The Balaban J connectivity index is 1.98. The lowest BCUT2D eigenvalue weighted by atomic mass is 10.2. The molecule has 0 aliphatic carbocycles. The normalized spacial score (nSPS) is 10.3. The summed E-state index contributed by atoms with van der Waals surface area (Å²) in [5.41, 5.74) is 2.18. The minimum absolute atomic E-state index is 0.535. The Hall–Kier alpha value is -2.07. The summed E-state index contributed by atoms with van der Waals surface area (Å²) in [6, 6.07) is 9.78. The number of pyridine rings is 1. The molecule has 1 aromatic heterocycles. The predicted molar refractivity (Wildman–Crippen MR) is 78.9 cm³/mol. The SMILES string of the molecule is CCNCc1cnccc1OCc1ccc(OC)cc1. The van der Waals surface area contributed by atoms with E-state index in [0.717, 1.165) is 35.7 Å². The molecule has 1 aromatic carbocycles. The molecular formula is C16H20N2O2. The lowest BCUT2D eigenvalue weighted by Gasteiger charge is -2.11. The molecule has 0 spiro atoms. The molecule has 0 radical (unpaired) electrons. The van der Waals surface area contributed by atoms with Crippen molar-refractivity contribution in [3.63, 3.8) is 0 Å². The van der Waals surface area contributed by atoms with E-state index in [2.05, 4.69) is 17.2 Å². The number of nitrogens with one attached hydrogen (secondary N) is 1. The molecule has 2 aromatic rings. The van der Waals surface area contributed by atoms with Crippen LogP contribution in [0.1, 0.15) is 18.1 Å². The zero-order chi connectivity index (χ0) is 14.2. The molecule has 0 aliphatic heterocycles. The maximum Gasteiger partial charge on any atom is 0.127 e. The van der Waals surface area contributed by atoms with Crippen molar-refractivity contribution in [3.8, 4) is 11.5 Å². The molecule has 20 heavy (non-hydrogen) atoms. The molecule has 4 nitrogen and oxygen atoms in total. The fourth-order valence-corrected chi connectivity index (χ4v) is 1.83. The number of nitrogens with zero attached hydrogens (tertiary/aromatic N) is 1. The third-order valence-corrected chi connectivity index (χ3v) is 2.98. The van der Waals surface area contributed by atoms with E-state index in [-0.39, 0.29) is 0 Å². The summed E-state index contributed by atoms with van der Waals surface area (Å²) in [4.78, 5) is 4.14. The summed E-state index contributed by atoms with van der Waals surface area (Å²) in [7, 11) is 1.66. The van der Waals surface area contributed by atoms with Gasteiger partial charge in [-0.05, 0) is 30.3 Å². The van der Waals surface area contributed by atoms with E-state index in [4.69, 9.17) is 9.47 Å². The van der Waals surface area contributed by atoms with Crippen molar-refractivity contribution in [1.29, 1.82) is 0 Å². The number of benzene rings is 1. The number of methoxy groups -OCH3 is 1. The van der Waals surface area contributed by atoms with Crippen LogP contribution in [0.25, 0.3) is 0 Å². The van der Waals surface area contributed by atoms with Gasteiger partial charge in [0.2, 0.25) is 0 Å². The van der Waals surface area contributed by atoms with E-state index in [1.54, 1.807) is 13.3 Å². The topological polar surface area (TPSA) is 43.4 Å². The van der Waals surface area contributed by atoms with Crippen LogP contribution in [0.3, 0.4) is 0 Å². The van der Waals surface area contributed by atoms with Gasteiger partial charge in [-0.3, -0.25) is 4.98 Å². The summed E-state index contributed by atoms with van der Waals surface area (Å²) in [5, 5.41) is 3.28. The summed E-state index contributed by atoms with van der Waals surface area (Å²) >= 11 is 0. The smallest absolute Gasteiger partial charge is 0.127 e. The molecule has 0 saturated heterocycles. The van der Waals surface area contributed by atoms with Gasteiger partial charge in [-0.1, -0.05) is 19.1 Å². The summed E-state index contributed by atoms with van der Waals surface area (Å²) in [6.45, 7) is 4.30. The Morgan fingerprint density at radius 2 is 1.95 bits per heavy atom. The number of rotatable bonds is 7. The fourth-order valence-electron chi connectivity index (χ4n) is 1.83. The van der Waals surface area contributed by atoms with E-state index < -0.39 is 0 Å². The highest BCUT2D eigenvalue weighted by atomic mass is 16.5. The number of hydrogen-bond acceptors (Lipinski definition) is 4. The summed E-state index contributed by atoms with van der Waals surface area (Å²) < 4.78 is 11.0. The van der Waals surface area contributed by atoms with Gasteiger partial charge < -0.3 is 14.8 Å². The second kappa shape index (κ2) is 7.50. The quantitative estimate of drug-likeness (QED) is 0.841. The maximum absolute atomic E-state index is 5.87. The molecule has 0 saturated carbocycles. The zero-order valence-electron chi connectivity index (χ0n) is 11.9. The van der Waals surface area contributed by atoms with Gasteiger partial charge in [-0.2, -0.15) is 0 Å². The van der Waals surface area contributed by atoms with Crippen molar-refractivity contribution in [2.75, 3.05) is 13.7 Å². The first-order chi connectivity index (χ1) is 9.83. The third-order valence-electron chi connectivity index (χ3n) is 2.98. The molecule has 0 unspecified atom stereocenters. The van der Waals surface area contributed by atoms with Crippen LogP contribution in [0.5, 0.6) is 11.5 Å². The van der Waals surface area contributed by atoms with E-state index in [9.17, 15) is 0 Å². The molecule has 0 amide bonds. The van der Waals surface area contributed by atoms with Crippen LogP contribution in [0.4, 0.5) is 0 Å². The van der Waals surface area contributed by atoms with Gasteiger partial charge in [0, 0.05) is 24.5 Å². The molecule has 2 rings (SSSR count). The van der Waals surface area contributed by atoms with Gasteiger partial charge in [0.15, 0.2) is 0 Å². The Labute approximate surface area is 119 Å². The van der Waals surface area contributed by atoms with Crippen LogP contribution >= 0.6 is 0 Å². The average Bonchev–Trinajstić information content (AvgIpc) is 2.52. The fraction of sp³-hybridized carbons (Fsp3) is 0.312. The van der Waals surface area contributed by atoms with Crippen molar-refractivity contribution in [2.24, 2.45) is 0 Å². The highest BCUT2D eigenvalue weighted by Crippen LogP contribution is 2.19. The van der Waals surface area contributed by atoms with Crippen molar-refractivity contribution < 1.29 is 9.47 Å². The summed E-state index contributed by atoms with van der Waals surface area (Å²) in [6.07, 6.45) is 3.59. The average molecular weight is 272 g/mol. The molecular weight excluding hydrogens is 252 g/mol. The molecule has 106 valence electrons. The van der Waals surface area contributed by atoms with E-state index in [1.807, 2.05) is 36.5 Å². The van der Waals surface area contributed by atoms with E-state index in [0.29, 0.717) is 6.61 Å². The molecule has 1 heterocycles. The standard InChI is InChI=1S/C16H20N2O2/c1-3-17-10-14-11-18-9-8-16(14)20-12-13-4-6-15(19-2)7-5-13/h4-9,11,17H,3,10,12H2,1-2H3. The molecule has 0 fully saturated rings. The van der Waals surface area contributed by atoms with Crippen molar-refractivity contribution in [2.45, 2.75) is 20.1 Å².